The van der Waals surface area contributed by atoms with Crippen molar-refractivity contribution in [3.05, 3.63) is 26.1 Å². The van der Waals surface area contributed by atoms with Crippen LogP contribution in [0.15, 0.2) is 15.0 Å². The van der Waals surface area contributed by atoms with E-state index in [4.69, 9.17) is 10.7 Å². The van der Waals surface area contributed by atoms with Gasteiger partial charge in [0, 0.05) is 38.5 Å². The Hall–Kier alpha value is -0.110. The molecule has 1 aromatic rings. The lowest BCUT2D eigenvalue weighted by Crippen LogP contribution is -2.26. The summed E-state index contributed by atoms with van der Waals surface area (Å²) in [5.74, 6) is -0.526. The molecule has 0 aromatic heterocycles. The maximum Gasteiger partial charge on any atom is 0.232 e. The number of hydrogen-bond acceptors (Lipinski definition) is 3. The average Bonchev–Trinajstić information content (AvgIpc) is 2.69. The van der Waals surface area contributed by atoms with Gasteiger partial charge < -0.3 is 4.90 Å². The molecule has 1 heterocycles. The molecule has 0 bridgehead atoms. The first-order chi connectivity index (χ1) is 9.60. The maximum absolute atomic E-state index is 12.2. The van der Waals surface area contributed by atoms with Crippen LogP contribution in [-0.4, -0.2) is 26.6 Å². The van der Waals surface area contributed by atoms with Crippen molar-refractivity contribution in [2.75, 3.05) is 17.2 Å². The Labute approximate surface area is 145 Å². The predicted molar refractivity (Wildman–Crippen MR) is 91.4 cm³/mol. The highest BCUT2D eigenvalue weighted by Gasteiger charge is 2.34. The lowest BCUT2D eigenvalue weighted by Gasteiger charge is -2.21. The molecule has 1 unspecified atom stereocenters. The third-order valence-electron chi connectivity index (χ3n) is 3.51. The van der Waals surface area contributed by atoms with Crippen LogP contribution in [0.3, 0.4) is 0 Å². The van der Waals surface area contributed by atoms with E-state index >= 15 is 0 Å². The smallest absolute Gasteiger partial charge is 0.232 e. The first kappa shape index (κ1) is 17.2. The zero-order valence-electron chi connectivity index (χ0n) is 11.5. The van der Waals surface area contributed by atoms with E-state index in [1.807, 2.05) is 19.9 Å². The van der Waals surface area contributed by atoms with Gasteiger partial charge in [-0.2, -0.15) is 0 Å². The quantitative estimate of drug-likeness (QED) is 0.647. The molecule has 8 heteroatoms. The second-order valence-electron chi connectivity index (χ2n) is 5.25. The largest absolute Gasteiger partial charge is 0.311 e. The number of aryl methyl sites for hydroxylation is 1. The number of anilines is 1. The standard InChI is InChI=1S/C13H14Br2ClNO3S/c1-7-3-10(13(15)8(2)12(7)14)17-5-9(4-11(17)18)6-21(16,19)20/h3,9H,4-6H2,1-2H3. The third-order valence-corrected chi connectivity index (χ3v) is 6.98. The van der Waals surface area contributed by atoms with Crippen LogP contribution in [0.5, 0.6) is 0 Å². The second kappa shape index (κ2) is 6.18. The molecule has 0 spiro atoms. The number of rotatable bonds is 3. The van der Waals surface area contributed by atoms with E-state index in [9.17, 15) is 13.2 Å². The van der Waals surface area contributed by atoms with Gasteiger partial charge in [-0.1, -0.05) is 15.9 Å². The Morgan fingerprint density at radius 1 is 1.33 bits per heavy atom. The first-order valence-corrected chi connectivity index (χ1v) is 10.3. The SMILES string of the molecule is Cc1cc(N2CC(CS(=O)(=O)Cl)CC2=O)c(Br)c(C)c1Br. The third kappa shape index (κ3) is 3.81. The van der Waals surface area contributed by atoms with Crippen molar-refractivity contribution >= 4 is 63.2 Å². The average molecular weight is 460 g/mol. The van der Waals surface area contributed by atoms with Crippen molar-refractivity contribution in [1.29, 1.82) is 0 Å². The van der Waals surface area contributed by atoms with Crippen LogP contribution in [0, 0.1) is 19.8 Å². The molecule has 1 aromatic carbocycles. The summed E-state index contributed by atoms with van der Waals surface area (Å²) in [5.41, 5.74) is 2.80. The minimum atomic E-state index is -3.60. The van der Waals surface area contributed by atoms with E-state index in [2.05, 4.69) is 31.9 Å². The number of amides is 1. The summed E-state index contributed by atoms with van der Waals surface area (Å²) in [6.07, 6.45) is 0.201. The highest BCUT2D eigenvalue weighted by molar-refractivity contribution is 9.11. The van der Waals surface area contributed by atoms with Gasteiger partial charge in [0.05, 0.1) is 11.4 Å². The van der Waals surface area contributed by atoms with E-state index in [1.54, 1.807) is 4.90 Å². The van der Waals surface area contributed by atoms with Gasteiger partial charge in [-0.25, -0.2) is 8.42 Å². The fraction of sp³-hybridized carbons (Fsp3) is 0.462. The number of hydrogen-bond donors (Lipinski definition) is 0. The lowest BCUT2D eigenvalue weighted by atomic mass is 10.1. The summed E-state index contributed by atoms with van der Waals surface area (Å²) in [7, 11) is 1.69. The fourth-order valence-electron chi connectivity index (χ4n) is 2.52. The van der Waals surface area contributed by atoms with Crippen molar-refractivity contribution < 1.29 is 13.2 Å². The Kier molecular flexibility index (Phi) is 5.08. The van der Waals surface area contributed by atoms with Crippen molar-refractivity contribution in [2.24, 2.45) is 5.92 Å². The van der Waals surface area contributed by atoms with Crippen LogP contribution < -0.4 is 4.90 Å². The minimum absolute atomic E-state index is 0.0814. The normalized spacial score (nSPS) is 19.4. The molecule has 1 saturated heterocycles. The Morgan fingerprint density at radius 3 is 2.52 bits per heavy atom. The van der Waals surface area contributed by atoms with Gasteiger partial charge >= 0.3 is 0 Å². The van der Waals surface area contributed by atoms with E-state index < -0.39 is 9.05 Å². The highest BCUT2D eigenvalue weighted by Crippen LogP contribution is 2.39. The molecule has 1 aliphatic rings. The van der Waals surface area contributed by atoms with Crippen molar-refractivity contribution in [2.45, 2.75) is 20.3 Å². The zero-order valence-corrected chi connectivity index (χ0v) is 16.2. The molecular formula is C13H14Br2ClNO3S. The molecule has 1 aliphatic heterocycles. The lowest BCUT2D eigenvalue weighted by molar-refractivity contribution is -0.117. The molecule has 0 N–H and O–H groups in total. The van der Waals surface area contributed by atoms with Gasteiger partial charge in [-0.05, 0) is 47.0 Å². The summed E-state index contributed by atoms with van der Waals surface area (Å²) in [6, 6.07) is 1.91. The van der Waals surface area contributed by atoms with Gasteiger partial charge in [0.2, 0.25) is 15.0 Å². The van der Waals surface area contributed by atoms with Crippen molar-refractivity contribution in [3.63, 3.8) is 0 Å². The maximum atomic E-state index is 12.2. The molecule has 2 rings (SSSR count). The topological polar surface area (TPSA) is 54.5 Å². The summed E-state index contributed by atoms with van der Waals surface area (Å²) in [4.78, 5) is 13.8. The Bertz CT molecular complexity index is 706. The molecular weight excluding hydrogens is 445 g/mol. The zero-order chi connectivity index (χ0) is 15.9. The number of halogens is 3. The van der Waals surface area contributed by atoms with Crippen molar-refractivity contribution in [3.8, 4) is 0 Å². The summed E-state index contributed by atoms with van der Waals surface area (Å²) in [5, 5.41) is 0. The van der Waals surface area contributed by atoms with Crippen LogP contribution in [0.1, 0.15) is 17.5 Å². The Morgan fingerprint density at radius 2 is 1.95 bits per heavy atom. The van der Waals surface area contributed by atoms with Gasteiger partial charge in [0.1, 0.15) is 0 Å². The molecule has 0 radical (unpaired) electrons. The molecule has 116 valence electrons. The minimum Gasteiger partial charge on any atom is -0.311 e. The molecule has 21 heavy (non-hydrogen) atoms. The van der Waals surface area contributed by atoms with E-state index in [1.165, 1.54) is 0 Å². The number of carbonyl (C=O) groups is 1. The van der Waals surface area contributed by atoms with Gasteiger partial charge in [-0.3, -0.25) is 4.79 Å². The molecule has 1 fully saturated rings. The van der Waals surface area contributed by atoms with Crippen molar-refractivity contribution in [1.82, 2.24) is 0 Å². The van der Waals surface area contributed by atoms with Crippen LogP contribution in [0.4, 0.5) is 5.69 Å². The molecule has 1 amide bonds. The number of carbonyl (C=O) groups excluding carboxylic acids is 1. The van der Waals surface area contributed by atoms with Crippen LogP contribution in [0.2, 0.25) is 0 Å². The summed E-state index contributed by atoms with van der Waals surface area (Å²) >= 11 is 7.03. The second-order valence-corrected chi connectivity index (χ2v) is 9.65. The number of benzene rings is 1. The molecule has 0 saturated carbocycles. The monoisotopic (exact) mass is 457 g/mol. The molecule has 1 atom stereocenters. The molecule has 4 nitrogen and oxygen atoms in total. The van der Waals surface area contributed by atoms with Gasteiger partial charge in [0.25, 0.3) is 0 Å². The van der Waals surface area contributed by atoms with E-state index in [-0.39, 0.29) is 24.0 Å². The fourth-order valence-corrected chi connectivity index (χ4v) is 4.95. The Balaban J connectivity index is 2.34. The van der Waals surface area contributed by atoms with Gasteiger partial charge in [0.15, 0.2) is 0 Å². The van der Waals surface area contributed by atoms with Gasteiger partial charge in [-0.15, -0.1) is 0 Å². The molecule has 0 aliphatic carbocycles. The summed E-state index contributed by atoms with van der Waals surface area (Å²) < 4.78 is 24.2. The van der Waals surface area contributed by atoms with Crippen LogP contribution >= 0.6 is 42.5 Å². The first-order valence-electron chi connectivity index (χ1n) is 6.28. The van der Waals surface area contributed by atoms with E-state index in [0.717, 1.165) is 25.8 Å². The highest BCUT2D eigenvalue weighted by atomic mass is 79.9. The van der Waals surface area contributed by atoms with Crippen LogP contribution in [-0.2, 0) is 13.8 Å². The van der Waals surface area contributed by atoms with E-state index in [0.29, 0.717) is 6.54 Å². The number of nitrogens with zero attached hydrogens (tertiary/aromatic N) is 1. The predicted octanol–water partition coefficient (Wildman–Crippen LogP) is 3.75. The summed E-state index contributed by atoms with van der Waals surface area (Å²) in [6.45, 7) is 4.27. The van der Waals surface area contributed by atoms with Crippen LogP contribution in [0.25, 0.3) is 0 Å².